The van der Waals surface area contributed by atoms with Gasteiger partial charge in [-0.15, -0.1) is 0 Å². The number of nitrogens with zero attached hydrogens (tertiary/aromatic N) is 2. The highest BCUT2D eigenvalue weighted by molar-refractivity contribution is 5.73. The van der Waals surface area contributed by atoms with Crippen molar-refractivity contribution in [3.8, 4) is 0 Å². The second-order valence-corrected chi connectivity index (χ2v) is 5.94. The van der Waals surface area contributed by atoms with Gasteiger partial charge < -0.3 is 15.2 Å². The number of hydrogen-bond donors (Lipinski definition) is 2. The van der Waals surface area contributed by atoms with Gasteiger partial charge >= 0.3 is 6.03 Å². The molecule has 128 valence electrons. The second kappa shape index (κ2) is 8.15. The molecule has 2 aromatic carbocycles. The minimum atomic E-state index is -0.167. The van der Waals surface area contributed by atoms with Crippen LogP contribution in [-0.4, -0.2) is 15.6 Å². The molecule has 0 aliphatic heterocycles. The fourth-order valence-electron chi connectivity index (χ4n) is 2.63. The lowest BCUT2D eigenvalue weighted by Gasteiger charge is -2.10. The quantitative estimate of drug-likeness (QED) is 0.727. The topological polar surface area (TPSA) is 59.0 Å². The van der Waals surface area contributed by atoms with Gasteiger partial charge in [-0.25, -0.2) is 9.78 Å². The van der Waals surface area contributed by atoms with Crippen LogP contribution in [0.3, 0.4) is 0 Å². The molecule has 2 N–H and O–H groups in total. The molecule has 1 aromatic heterocycles. The SMILES string of the molecule is Cc1nccn1Cc1cccc(CNC(=O)NCc2ccccc2)c1. The summed E-state index contributed by atoms with van der Waals surface area (Å²) in [6.45, 7) is 3.78. The van der Waals surface area contributed by atoms with Crippen LogP contribution in [0.1, 0.15) is 22.5 Å². The smallest absolute Gasteiger partial charge is 0.315 e. The van der Waals surface area contributed by atoms with Crippen LogP contribution in [0.15, 0.2) is 67.0 Å². The molecule has 0 bridgehead atoms. The first-order chi connectivity index (χ1) is 12.2. The molecule has 25 heavy (non-hydrogen) atoms. The summed E-state index contributed by atoms with van der Waals surface area (Å²) in [4.78, 5) is 16.2. The molecule has 1 heterocycles. The highest BCUT2D eigenvalue weighted by Crippen LogP contribution is 2.08. The predicted molar refractivity (Wildman–Crippen MR) is 98.0 cm³/mol. The van der Waals surface area contributed by atoms with Gasteiger partial charge in [0.05, 0.1) is 0 Å². The molecule has 0 atom stereocenters. The third kappa shape index (κ3) is 4.94. The third-order valence-corrected chi connectivity index (χ3v) is 4.02. The van der Waals surface area contributed by atoms with E-state index in [1.807, 2.05) is 55.6 Å². The van der Waals surface area contributed by atoms with Crippen LogP contribution in [0.5, 0.6) is 0 Å². The van der Waals surface area contributed by atoms with Gasteiger partial charge in [0.1, 0.15) is 5.82 Å². The van der Waals surface area contributed by atoms with Crippen molar-refractivity contribution in [1.82, 2.24) is 20.2 Å². The number of imidazole rings is 1. The lowest BCUT2D eigenvalue weighted by molar-refractivity contribution is 0.240. The number of rotatable bonds is 6. The van der Waals surface area contributed by atoms with E-state index in [-0.39, 0.29) is 6.03 Å². The Hall–Kier alpha value is -3.08. The maximum Gasteiger partial charge on any atom is 0.315 e. The molecule has 5 nitrogen and oxygen atoms in total. The molecule has 0 radical (unpaired) electrons. The fourth-order valence-corrected chi connectivity index (χ4v) is 2.63. The number of nitrogens with one attached hydrogen (secondary N) is 2. The van der Waals surface area contributed by atoms with Crippen molar-refractivity contribution in [1.29, 1.82) is 0 Å². The van der Waals surface area contributed by atoms with Gasteiger partial charge in [-0.2, -0.15) is 0 Å². The Balaban J connectivity index is 1.50. The van der Waals surface area contributed by atoms with E-state index in [0.29, 0.717) is 13.1 Å². The third-order valence-electron chi connectivity index (χ3n) is 4.02. The summed E-state index contributed by atoms with van der Waals surface area (Å²) < 4.78 is 2.10. The van der Waals surface area contributed by atoms with Crippen molar-refractivity contribution in [2.75, 3.05) is 0 Å². The normalized spacial score (nSPS) is 10.4. The zero-order chi connectivity index (χ0) is 17.5. The molecular weight excluding hydrogens is 312 g/mol. The van der Waals surface area contributed by atoms with Crippen LogP contribution >= 0.6 is 0 Å². The summed E-state index contributed by atoms with van der Waals surface area (Å²) in [5.74, 6) is 0.990. The van der Waals surface area contributed by atoms with Crippen molar-refractivity contribution < 1.29 is 4.79 Å². The van der Waals surface area contributed by atoms with Gasteiger partial charge in [0.15, 0.2) is 0 Å². The number of aromatic nitrogens is 2. The van der Waals surface area contributed by atoms with Crippen LogP contribution < -0.4 is 10.6 Å². The molecule has 5 heteroatoms. The van der Waals surface area contributed by atoms with Gasteiger partial charge in [0, 0.05) is 32.0 Å². The van der Waals surface area contributed by atoms with Crippen molar-refractivity contribution in [2.24, 2.45) is 0 Å². The summed E-state index contributed by atoms with van der Waals surface area (Å²) in [5.41, 5.74) is 3.34. The van der Waals surface area contributed by atoms with Crippen molar-refractivity contribution in [3.63, 3.8) is 0 Å². The van der Waals surface area contributed by atoms with E-state index in [0.717, 1.165) is 23.5 Å². The summed E-state index contributed by atoms with van der Waals surface area (Å²) >= 11 is 0. The van der Waals surface area contributed by atoms with E-state index < -0.39 is 0 Å². The lowest BCUT2D eigenvalue weighted by atomic mass is 10.1. The molecule has 0 saturated heterocycles. The van der Waals surface area contributed by atoms with E-state index in [4.69, 9.17) is 0 Å². The summed E-state index contributed by atoms with van der Waals surface area (Å²) in [7, 11) is 0. The van der Waals surface area contributed by atoms with E-state index in [2.05, 4.69) is 32.3 Å². The first kappa shape index (κ1) is 16.8. The predicted octanol–water partition coefficient (Wildman–Crippen LogP) is 3.24. The first-order valence-corrected chi connectivity index (χ1v) is 8.32. The Labute approximate surface area is 147 Å². The maximum absolute atomic E-state index is 11.9. The van der Waals surface area contributed by atoms with Crippen molar-refractivity contribution in [3.05, 3.63) is 89.5 Å². The molecule has 0 saturated carbocycles. The monoisotopic (exact) mass is 334 g/mol. The van der Waals surface area contributed by atoms with E-state index in [1.54, 1.807) is 6.20 Å². The zero-order valence-corrected chi connectivity index (χ0v) is 14.3. The second-order valence-electron chi connectivity index (χ2n) is 5.94. The number of urea groups is 1. The standard InChI is InChI=1S/C20H22N4O/c1-16-21-10-11-24(16)15-19-9-5-8-18(12-19)14-23-20(25)22-13-17-6-3-2-4-7-17/h2-12H,13-15H2,1H3,(H2,22,23,25). The van der Waals surface area contributed by atoms with Crippen LogP contribution in [-0.2, 0) is 19.6 Å². The summed E-state index contributed by atoms with van der Waals surface area (Å²) in [6.07, 6.45) is 3.77. The molecule has 3 aromatic rings. The van der Waals surface area contributed by atoms with Gasteiger partial charge in [-0.1, -0.05) is 54.6 Å². The molecule has 0 fully saturated rings. The molecule has 0 spiro atoms. The summed E-state index contributed by atoms with van der Waals surface area (Å²) in [6, 6.07) is 17.9. The van der Waals surface area contributed by atoms with Crippen LogP contribution in [0.4, 0.5) is 4.79 Å². The zero-order valence-electron chi connectivity index (χ0n) is 14.3. The average molecular weight is 334 g/mol. The largest absolute Gasteiger partial charge is 0.334 e. The minimum Gasteiger partial charge on any atom is -0.334 e. The molecule has 0 unspecified atom stereocenters. The Morgan fingerprint density at radius 1 is 0.960 bits per heavy atom. The number of carbonyl (C=O) groups is 1. The molecular formula is C20H22N4O. The van der Waals surface area contributed by atoms with Crippen LogP contribution in [0.2, 0.25) is 0 Å². The Bertz CT molecular complexity index is 826. The van der Waals surface area contributed by atoms with Gasteiger partial charge in [-0.3, -0.25) is 0 Å². The minimum absolute atomic E-state index is 0.167. The van der Waals surface area contributed by atoms with Gasteiger partial charge in [0.2, 0.25) is 0 Å². The highest BCUT2D eigenvalue weighted by Gasteiger charge is 2.03. The molecule has 3 rings (SSSR count). The van der Waals surface area contributed by atoms with Gasteiger partial charge in [-0.05, 0) is 23.6 Å². The first-order valence-electron chi connectivity index (χ1n) is 8.32. The van der Waals surface area contributed by atoms with Crippen LogP contribution in [0.25, 0.3) is 0 Å². The van der Waals surface area contributed by atoms with Crippen LogP contribution in [0, 0.1) is 6.92 Å². The number of aryl methyl sites for hydroxylation is 1. The summed E-state index contributed by atoms with van der Waals surface area (Å²) in [5, 5.41) is 5.76. The number of carbonyl (C=O) groups excluding carboxylic acids is 1. The van der Waals surface area contributed by atoms with Gasteiger partial charge in [0.25, 0.3) is 0 Å². The van der Waals surface area contributed by atoms with E-state index >= 15 is 0 Å². The Morgan fingerprint density at radius 2 is 1.64 bits per heavy atom. The number of benzene rings is 2. The molecule has 2 amide bonds. The highest BCUT2D eigenvalue weighted by atomic mass is 16.2. The molecule has 0 aliphatic carbocycles. The van der Waals surface area contributed by atoms with E-state index in [9.17, 15) is 4.79 Å². The Morgan fingerprint density at radius 3 is 2.36 bits per heavy atom. The maximum atomic E-state index is 11.9. The van der Waals surface area contributed by atoms with Crippen molar-refractivity contribution in [2.45, 2.75) is 26.6 Å². The molecule has 0 aliphatic rings. The van der Waals surface area contributed by atoms with Crippen molar-refractivity contribution >= 4 is 6.03 Å². The number of hydrogen-bond acceptors (Lipinski definition) is 2. The fraction of sp³-hybridized carbons (Fsp3) is 0.200. The van der Waals surface area contributed by atoms with E-state index in [1.165, 1.54) is 5.56 Å². The average Bonchev–Trinajstić information content (AvgIpc) is 3.04. The number of amides is 2. The lowest BCUT2D eigenvalue weighted by Crippen LogP contribution is -2.34. The Kier molecular flexibility index (Phi) is 5.46.